The van der Waals surface area contributed by atoms with Crippen molar-refractivity contribution < 1.29 is 14.6 Å². The van der Waals surface area contributed by atoms with Gasteiger partial charge in [-0.3, -0.25) is 9.69 Å². The molecule has 162 valence electrons. The highest BCUT2D eigenvalue weighted by Crippen LogP contribution is 2.34. The van der Waals surface area contributed by atoms with Crippen LogP contribution in [0.2, 0.25) is 0 Å². The van der Waals surface area contributed by atoms with Gasteiger partial charge in [-0.15, -0.1) is 11.3 Å². The molecule has 2 heterocycles. The summed E-state index contributed by atoms with van der Waals surface area (Å²) < 4.78 is 7.15. The smallest absolute Gasteiger partial charge is 0.195 e. The van der Waals surface area contributed by atoms with E-state index in [2.05, 4.69) is 4.90 Å². The van der Waals surface area contributed by atoms with Crippen LogP contribution in [0.25, 0.3) is 21.2 Å². The fourth-order valence-corrected chi connectivity index (χ4v) is 5.23. The highest BCUT2D eigenvalue weighted by Gasteiger charge is 2.19. The molecule has 0 amide bonds. The highest BCUT2D eigenvalue weighted by molar-refractivity contribution is 7.17. The van der Waals surface area contributed by atoms with Gasteiger partial charge in [-0.1, -0.05) is 30.3 Å². The molecule has 0 aliphatic carbocycles. The van der Waals surface area contributed by atoms with Gasteiger partial charge < -0.3 is 9.84 Å². The van der Waals surface area contributed by atoms with Crippen LogP contribution in [-0.4, -0.2) is 42.0 Å². The van der Waals surface area contributed by atoms with Crippen molar-refractivity contribution >= 4 is 27.2 Å². The molecule has 1 aliphatic heterocycles. The first-order valence-electron chi connectivity index (χ1n) is 11.0. The molecule has 0 atom stereocenters. The van der Waals surface area contributed by atoms with E-state index in [0.29, 0.717) is 17.7 Å². The number of ether oxygens (including phenoxy) is 1. The Hall–Kier alpha value is -3.15. The summed E-state index contributed by atoms with van der Waals surface area (Å²) in [7, 11) is 0. The Morgan fingerprint density at radius 1 is 0.969 bits per heavy atom. The number of fused-ring (bicyclic) bond motifs is 1. The van der Waals surface area contributed by atoms with E-state index in [1.165, 1.54) is 12.8 Å². The van der Waals surface area contributed by atoms with Gasteiger partial charge in [0.2, 0.25) is 0 Å². The van der Waals surface area contributed by atoms with Crippen molar-refractivity contribution in [1.82, 2.24) is 4.90 Å². The van der Waals surface area contributed by atoms with Gasteiger partial charge in [0.25, 0.3) is 0 Å². The molecule has 0 unspecified atom stereocenters. The topological polar surface area (TPSA) is 49.8 Å². The van der Waals surface area contributed by atoms with Crippen LogP contribution < -0.4 is 4.74 Å². The summed E-state index contributed by atoms with van der Waals surface area (Å²) in [4.78, 5) is 16.0. The molecule has 0 radical (unpaired) electrons. The zero-order valence-corrected chi connectivity index (χ0v) is 18.6. The molecule has 5 rings (SSSR count). The van der Waals surface area contributed by atoms with Crippen LogP contribution in [0.5, 0.6) is 11.5 Å². The number of aromatic hydroxyl groups is 1. The summed E-state index contributed by atoms with van der Waals surface area (Å²) in [5.74, 6) is 0.941. The highest BCUT2D eigenvalue weighted by atomic mass is 32.1. The van der Waals surface area contributed by atoms with Gasteiger partial charge in [0.15, 0.2) is 5.78 Å². The predicted molar refractivity (Wildman–Crippen MR) is 130 cm³/mol. The van der Waals surface area contributed by atoms with E-state index < -0.39 is 0 Å². The van der Waals surface area contributed by atoms with Crippen molar-refractivity contribution in [2.75, 3.05) is 26.2 Å². The Kier molecular flexibility index (Phi) is 5.93. The van der Waals surface area contributed by atoms with Gasteiger partial charge >= 0.3 is 0 Å². The van der Waals surface area contributed by atoms with Crippen LogP contribution in [-0.2, 0) is 0 Å². The lowest BCUT2D eigenvalue weighted by Crippen LogP contribution is -2.25. The Morgan fingerprint density at radius 3 is 2.56 bits per heavy atom. The van der Waals surface area contributed by atoms with Gasteiger partial charge in [0.1, 0.15) is 18.1 Å². The maximum absolute atomic E-state index is 13.6. The maximum atomic E-state index is 13.6. The summed E-state index contributed by atoms with van der Waals surface area (Å²) >= 11 is 1.58. The predicted octanol–water partition coefficient (Wildman–Crippen LogP) is 5.98. The van der Waals surface area contributed by atoms with Crippen LogP contribution in [0.3, 0.4) is 0 Å². The van der Waals surface area contributed by atoms with Crippen molar-refractivity contribution in [3.63, 3.8) is 0 Å². The third-order valence-electron chi connectivity index (χ3n) is 6.01. The Labute approximate surface area is 191 Å². The molecule has 1 fully saturated rings. The fraction of sp³-hybridized carbons (Fsp3) is 0.222. The number of hydrogen-bond acceptors (Lipinski definition) is 5. The molecule has 4 nitrogen and oxygen atoms in total. The summed E-state index contributed by atoms with van der Waals surface area (Å²) in [6.45, 7) is 3.82. The standard InChI is InChI=1S/C27H25NO3S/c29-20-9-7-19(8-10-20)24-17-21(31-16-15-28-13-3-4-14-28)11-12-23(24)27(30)25-18-32-26-6-2-1-5-22(25)26/h1-2,5-12,17-18,29H,3-4,13-16H2. The summed E-state index contributed by atoms with van der Waals surface area (Å²) in [5.41, 5.74) is 3.03. The number of likely N-dealkylation sites (tertiary alicyclic amines) is 1. The summed E-state index contributed by atoms with van der Waals surface area (Å²) in [6.07, 6.45) is 2.53. The average Bonchev–Trinajstić information content (AvgIpc) is 3.49. The largest absolute Gasteiger partial charge is 0.508 e. The summed E-state index contributed by atoms with van der Waals surface area (Å²) in [5, 5.41) is 12.6. The minimum absolute atomic E-state index is 0.00542. The van der Waals surface area contributed by atoms with E-state index >= 15 is 0 Å². The van der Waals surface area contributed by atoms with Crippen molar-refractivity contribution in [2.45, 2.75) is 12.8 Å². The Balaban J connectivity index is 1.48. The minimum atomic E-state index is -0.00542. The van der Waals surface area contributed by atoms with E-state index in [4.69, 9.17) is 4.74 Å². The zero-order valence-electron chi connectivity index (χ0n) is 17.8. The second-order valence-corrected chi connectivity index (χ2v) is 9.04. The molecule has 0 spiro atoms. The molecular formula is C27H25NO3S. The molecule has 4 aromatic rings. The SMILES string of the molecule is O=C(c1ccc(OCCN2CCCC2)cc1-c1ccc(O)cc1)c1csc2ccccc12. The molecular weight excluding hydrogens is 418 g/mol. The van der Waals surface area contributed by atoms with Crippen molar-refractivity contribution in [2.24, 2.45) is 0 Å². The third kappa shape index (κ3) is 4.27. The number of benzene rings is 3. The third-order valence-corrected chi connectivity index (χ3v) is 6.98. The van der Waals surface area contributed by atoms with Gasteiger partial charge in [-0.05, 0) is 73.5 Å². The Morgan fingerprint density at radius 2 is 1.75 bits per heavy atom. The number of carbonyl (C=O) groups is 1. The van der Waals surface area contributed by atoms with E-state index in [1.807, 2.05) is 60.0 Å². The number of carbonyl (C=O) groups excluding carboxylic acids is 1. The molecule has 5 heteroatoms. The van der Waals surface area contributed by atoms with Gasteiger partial charge in [-0.25, -0.2) is 0 Å². The lowest BCUT2D eigenvalue weighted by atomic mass is 9.93. The van der Waals surface area contributed by atoms with Crippen molar-refractivity contribution in [3.05, 3.63) is 83.2 Å². The number of thiophene rings is 1. The maximum Gasteiger partial charge on any atom is 0.195 e. The zero-order chi connectivity index (χ0) is 21.9. The lowest BCUT2D eigenvalue weighted by Gasteiger charge is -2.16. The van der Waals surface area contributed by atoms with E-state index in [0.717, 1.165) is 46.6 Å². The number of hydrogen-bond donors (Lipinski definition) is 1. The first-order valence-corrected chi connectivity index (χ1v) is 11.9. The van der Waals surface area contributed by atoms with Crippen LogP contribution in [0.15, 0.2) is 72.1 Å². The molecule has 0 saturated carbocycles. The normalized spacial score (nSPS) is 14.1. The number of nitrogens with zero attached hydrogens (tertiary/aromatic N) is 1. The molecule has 1 N–H and O–H groups in total. The number of phenols is 1. The molecule has 1 saturated heterocycles. The van der Waals surface area contributed by atoms with Crippen molar-refractivity contribution in [1.29, 1.82) is 0 Å². The quantitative estimate of drug-likeness (QED) is 0.357. The lowest BCUT2D eigenvalue weighted by molar-refractivity contribution is 0.104. The molecule has 1 aromatic heterocycles. The number of rotatable bonds is 7. The van der Waals surface area contributed by atoms with Gasteiger partial charge in [0, 0.05) is 33.1 Å². The van der Waals surface area contributed by atoms with Crippen LogP contribution in [0.1, 0.15) is 28.8 Å². The first kappa shape index (κ1) is 20.7. The fourth-order valence-electron chi connectivity index (χ4n) is 4.29. The number of phenolic OH excluding ortho intramolecular Hbond substituents is 1. The minimum Gasteiger partial charge on any atom is -0.508 e. The van der Waals surface area contributed by atoms with Crippen LogP contribution in [0, 0.1) is 0 Å². The molecule has 0 bridgehead atoms. The van der Waals surface area contributed by atoms with E-state index in [9.17, 15) is 9.90 Å². The molecule has 1 aliphatic rings. The monoisotopic (exact) mass is 443 g/mol. The summed E-state index contributed by atoms with van der Waals surface area (Å²) in [6, 6.07) is 20.6. The van der Waals surface area contributed by atoms with Crippen LogP contribution in [0.4, 0.5) is 0 Å². The second-order valence-electron chi connectivity index (χ2n) is 8.13. The van der Waals surface area contributed by atoms with Crippen molar-refractivity contribution in [3.8, 4) is 22.6 Å². The first-order chi connectivity index (χ1) is 15.7. The Bertz CT molecular complexity index is 1240. The average molecular weight is 444 g/mol. The molecule has 3 aromatic carbocycles. The van der Waals surface area contributed by atoms with Crippen LogP contribution >= 0.6 is 11.3 Å². The van der Waals surface area contributed by atoms with E-state index in [1.54, 1.807) is 23.5 Å². The number of ketones is 1. The van der Waals surface area contributed by atoms with Gasteiger partial charge in [0.05, 0.1) is 0 Å². The molecule has 32 heavy (non-hydrogen) atoms. The second kappa shape index (κ2) is 9.15. The van der Waals surface area contributed by atoms with E-state index in [-0.39, 0.29) is 11.5 Å². The van der Waals surface area contributed by atoms with Gasteiger partial charge in [-0.2, -0.15) is 0 Å².